The fraction of sp³-hybridized carbons (Fsp3) is 0.571. The van der Waals surface area contributed by atoms with Crippen LogP contribution in [0.5, 0.6) is 0 Å². The minimum Gasteiger partial charge on any atom is -0.310 e. The minimum absolute atomic E-state index is 0.153. The lowest BCUT2D eigenvalue weighted by atomic mass is 9.88. The van der Waals surface area contributed by atoms with E-state index in [4.69, 9.17) is 0 Å². The van der Waals surface area contributed by atoms with Crippen molar-refractivity contribution in [3.05, 3.63) is 33.8 Å². The lowest BCUT2D eigenvalue weighted by molar-refractivity contribution is 0.327. The molecule has 1 N–H and O–H groups in total. The zero-order chi connectivity index (χ0) is 13.7. The minimum atomic E-state index is -0.493. The van der Waals surface area contributed by atoms with E-state index >= 15 is 0 Å². The Morgan fingerprint density at radius 2 is 1.78 bits per heavy atom. The van der Waals surface area contributed by atoms with Gasteiger partial charge in [-0.05, 0) is 40.5 Å². The van der Waals surface area contributed by atoms with Gasteiger partial charge < -0.3 is 5.32 Å². The van der Waals surface area contributed by atoms with Crippen molar-refractivity contribution in [2.45, 2.75) is 39.7 Å². The van der Waals surface area contributed by atoms with E-state index in [0.717, 1.165) is 12.8 Å². The maximum Gasteiger partial charge on any atom is 0.145 e. The van der Waals surface area contributed by atoms with E-state index < -0.39 is 11.6 Å². The first-order valence-corrected chi connectivity index (χ1v) is 7.22. The van der Waals surface area contributed by atoms with Crippen LogP contribution in [0.25, 0.3) is 0 Å². The number of benzene rings is 1. The van der Waals surface area contributed by atoms with E-state index in [2.05, 4.69) is 21.2 Å². The molecule has 0 amide bonds. The molecule has 1 atom stereocenters. The highest BCUT2D eigenvalue weighted by Crippen LogP contribution is 2.33. The second kappa shape index (κ2) is 7.19. The lowest BCUT2D eigenvalue weighted by Crippen LogP contribution is -2.29. The van der Waals surface area contributed by atoms with Crippen LogP contribution in [0.4, 0.5) is 8.78 Å². The van der Waals surface area contributed by atoms with E-state index in [1.165, 1.54) is 12.1 Å². The van der Waals surface area contributed by atoms with Crippen LogP contribution in [0.3, 0.4) is 0 Å². The molecular formula is C14H20BrF2N. The lowest BCUT2D eigenvalue weighted by Gasteiger charge is -2.27. The fourth-order valence-electron chi connectivity index (χ4n) is 2.31. The van der Waals surface area contributed by atoms with Crippen LogP contribution in [0.2, 0.25) is 0 Å². The molecule has 0 spiro atoms. The van der Waals surface area contributed by atoms with Gasteiger partial charge in [0.05, 0.1) is 4.47 Å². The number of halogens is 3. The summed E-state index contributed by atoms with van der Waals surface area (Å²) < 4.78 is 28.4. The molecule has 0 aliphatic heterocycles. The van der Waals surface area contributed by atoms with Crippen molar-refractivity contribution in [2.24, 2.45) is 5.92 Å². The van der Waals surface area contributed by atoms with Gasteiger partial charge in [0.15, 0.2) is 0 Å². The SMILES string of the molecule is CCNC(c1c(F)ccc(Br)c1F)C(CC)CC. The highest BCUT2D eigenvalue weighted by molar-refractivity contribution is 9.10. The monoisotopic (exact) mass is 319 g/mol. The number of nitrogens with one attached hydrogen (secondary N) is 1. The van der Waals surface area contributed by atoms with Crippen molar-refractivity contribution in [3.63, 3.8) is 0 Å². The fourth-order valence-corrected chi connectivity index (χ4v) is 2.66. The third-order valence-electron chi connectivity index (χ3n) is 3.33. The summed E-state index contributed by atoms with van der Waals surface area (Å²) in [6.45, 7) is 6.73. The van der Waals surface area contributed by atoms with Gasteiger partial charge in [0.2, 0.25) is 0 Å². The van der Waals surface area contributed by atoms with Crippen molar-refractivity contribution >= 4 is 15.9 Å². The molecule has 0 fully saturated rings. The molecule has 0 aliphatic rings. The zero-order valence-electron chi connectivity index (χ0n) is 11.1. The average molecular weight is 320 g/mol. The Kier molecular flexibility index (Phi) is 6.22. The number of rotatable bonds is 6. The Hall–Kier alpha value is -0.480. The molecule has 1 rings (SSSR count). The second-order valence-corrected chi connectivity index (χ2v) is 5.22. The summed E-state index contributed by atoms with van der Waals surface area (Å²) in [6.07, 6.45) is 1.78. The summed E-state index contributed by atoms with van der Waals surface area (Å²) in [7, 11) is 0. The van der Waals surface area contributed by atoms with Crippen LogP contribution in [0.1, 0.15) is 45.2 Å². The third-order valence-corrected chi connectivity index (χ3v) is 3.95. The third kappa shape index (κ3) is 3.29. The molecule has 0 radical (unpaired) electrons. The Balaban J connectivity index is 3.24. The van der Waals surface area contributed by atoms with Crippen molar-refractivity contribution in [3.8, 4) is 0 Å². The first kappa shape index (κ1) is 15.6. The zero-order valence-corrected chi connectivity index (χ0v) is 12.7. The van der Waals surface area contributed by atoms with Gasteiger partial charge in [-0.2, -0.15) is 0 Å². The van der Waals surface area contributed by atoms with E-state index in [1.807, 2.05) is 20.8 Å². The standard InChI is InChI=1S/C14H20BrF2N/c1-4-9(5-2)14(18-6-3)12-11(16)8-7-10(15)13(12)17/h7-9,14,18H,4-6H2,1-3H3. The summed E-state index contributed by atoms with van der Waals surface area (Å²) in [5.41, 5.74) is 0.153. The van der Waals surface area contributed by atoms with Crippen molar-refractivity contribution in [1.82, 2.24) is 5.32 Å². The van der Waals surface area contributed by atoms with Crippen LogP contribution in [-0.2, 0) is 0 Å². The summed E-state index contributed by atoms with van der Waals surface area (Å²) in [4.78, 5) is 0. The molecule has 102 valence electrons. The quantitative estimate of drug-likeness (QED) is 0.742. The smallest absolute Gasteiger partial charge is 0.145 e. The van der Waals surface area contributed by atoms with Crippen LogP contribution in [0, 0.1) is 17.6 Å². The Labute approximate surface area is 116 Å². The Morgan fingerprint density at radius 1 is 1.17 bits per heavy atom. The molecule has 18 heavy (non-hydrogen) atoms. The Morgan fingerprint density at radius 3 is 2.28 bits per heavy atom. The molecule has 0 heterocycles. The van der Waals surface area contributed by atoms with Crippen LogP contribution in [0.15, 0.2) is 16.6 Å². The van der Waals surface area contributed by atoms with Crippen LogP contribution < -0.4 is 5.32 Å². The molecule has 0 saturated carbocycles. The van der Waals surface area contributed by atoms with Gasteiger partial charge >= 0.3 is 0 Å². The molecule has 0 aromatic heterocycles. The van der Waals surface area contributed by atoms with Crippen LogP contribution in [-0.4, -0.2) is 6.54 Å². The predicted octanol–water partition coefficient (Wildman–Crippen LogP) is 4.81. The summed E-state index contributed by atoms with van der Waals surface area (Å²) in [5.74, 6) is -0.746. The highest BCUT2D eigenvalue weighted by Gasteiger charge is 2.26. The molecule has 1 aromatic carbocycles. The van der Waals surface area contributed by atoms with Gasteiger partial charge in [-0.1, -0.05) is 33.6 Å². The number of hydrogen-bond acceptors (Lipinski definition) is 1. The first-order chi connectivity index (χ1) is 8.56. The van der Waals surface area contributed by atoms with E-state index in [9.17, 15) is 8.78 Å². The van der Waals surface area contributed by atoms with Gasteiger partial charge in [-0.15, -0.1) is 0 Å². The first-order valence-electron chi connectivity index (χ1n) is 6.43. The van der Waals surface area contributed by atoms with Gasteiger partial charge in [0.25, 0.3) is 0 Å². The summed E-state index contributed by atoms with van der Waals surface area (Å²) in [6, 6.07) is 2.45. The topological polar surface area (TPSA) is 12.0 Å². The maximum atomic E-state index is 14.1. The molecule has 1 unspecified atom stereocenters. The molecule has 0 saturated heterocycles. The van der Waals surface area contributed by atoms with E-state index in [-0.39, 0.29) is 17.5 Å². The molecule has 4 heteroatoms. The highest BCUT2D eigenvalue weighted by atomic mass is 79.9. The average Bonchev–Trinajstić information content (AvgIpc) is 2.36. The summed E-state index contributed by atoms with van der Waals surface area (Å²) in [5, 5.41) is 3.21. The van der Waals surface area contributed by atoms with Crippen LogP contribution >= 0.6 is 15.9 Å². The van der Waals surface area contributed by atoms with Crippen molar-refractivity contribution in [1.29, 1.82) is 0 Å². The van der Waals surface area contributed by atoms with Gasteiger partial charge in [-0.3, -0.25) is 0 Å². The molecule has 1 nitrogen and oxygen atoms in total. The predicted molar refractivity (Wildman–Crippen MR) is 74.5 cm³/mol. The number of hydrogen-bond donors (Lipinski definition) is 1. The van der Waals surface area contributed by atoms with Crippen molar-refractivity contribution < 1.29 is 8.78 Å². The molecule has 0 aliphatic carbocycles. The molecule has 0 bridgehead atoms. The molecule has 1 aromatic rings. The normalized spacial score (nSPS) is 13.1. The van der Waals surface area contributed by atoms with E-state index in [0.29, 0.717) is 11.0 Å². The van der Waals surface area contributed by atoms with Gasteiger partial charge in [-0.25, -0.2) is 8.78 Å². The van der Waals surface area contributed by atoms with Gasteiger partial charge in [0.1, 0.15) is 11.6 Å². The Bertz CT molecular complexity index is 392. The van der Waals surface area contributed by atoms with Crippen molar-refractivity contribution in [2.75, 3.05) is 6.54 Å². The van der Waals surface area contributed by atoms with E-state index in [1.54, 1.807) is 0 Å². The maximum absolute atomic E-state index is 14.1. The summed E-state index contributed by atoms with van der Waals surface area (Å²) >= 11 is 3.12. The largest absolute Gasteiger partial charge is 0.310 e. The second-order valence-electron chi connectivity index (χ2n) is 4.37. The molecular weight excluding hydrogens is 300 g/mol. The van der Waals surface area contributed by atoms with Gasteiger partial charge in [0, 0.05) is 11.6 Å².